The zero-order valence-corrected chi connectivity index (χ0v) is 13.1. The lowest BCUT2D eigenvalue weighted by molar-refractivity contribution is 0.470. The van der Waals surface area contributed by atoms with Crippen molar-refractivity contribution in [2.24, 2.45) is 5.73 Å². The summed E-state index contributed by atoms with van der Waals surface area (Å²) in [5, 5.41) is 0. The van der Waals surface area contributed by atoms with Crippen molar-refractivity contribution in [3.63, 3.8) is 0 Å². The average molecular weight is 287 g/mol. The third kappa shape index (κ3) is 3.17. The summed E-state index contributed by atoms with van der Waals surface area (Å²) < 4.78 is 6.11. The second kappa shape index (κ2) is 6.82. The Kier molecular flexibility index (Phi) is 5.10. The molecule has 2 nitrogen and oxygen atoms in total. The van der Waals surface area contributed by atoms with Crippen LogP contribution >= 0.6 is 11.8 Å². The molecule has 2 N–H and O–H groups in total. The van der Waals surface area contributed by atoms with Gasteiger partial charge in [0.25, 0.3) is 0 Å². The highest BCUT2D eigenvalue weighted by Crippen LogP contribution is 2.34. The van der Waals surface area contributed by atoms with Gasteiger partial charge in [0.05, 0.1) is 0 Å². The van der Waals surface area contributed by atoms with Gasteiger partial charge in [-0.25, -0.2) is 0 Å². The Morgan fingerprint density at radius 1 is 1.05 bits per heavy atom. The van der Waals surface area contributed by atoms with E-state index in [-0.39, 0.29) is 0 Å². The zero-order valence-electron chi connectivity index (χ0n) is 12.3. The molecule has 0 aliphatic rings. The minimum atomic E-state index is 0.489. The van der Waals surface area contributed by atoms with Crippen molar-refractivity contribution < 1.29 is 4.74 Å². The highest BCUT2D eigenvalue weighted by molar-refractivity contribution is 7.99. The second-order valence-electron chi connectivity index (χ2n) is 4.67. The van der Waals surface area contributed by atoms with Crippen molar-refractivity contribution in [3.05, 3.63) is 53.1 Å². The largest absolute Gasteiger partial charge is 0.457 e. The fraction of sp³-hybridized carbons (Fsp3) is 0.294. The molecule has 0 aliphatic carbocycles. The fourth-order valence-electron chi connectivity index (χ4n) is 2.09. The minimum absolute atomic E-state index is 0.489. The first kappa shape index (κ1) is 14.9. The molecule has 0 aromatic heterocycles. The number of ether oxygens (including phenoxy) is 1. The maximum atomic E-state index is 6.11. The highest BCUT2D eigenvalue weighted by Gasteiger charge is 2.10. The molecule has 0 aliphatic heterocycles. The molecule has 106 valence electrons. The van der Waals surface area contributed by atoms with Crippen LogP contribution in [0.2, 0.25) is 0 Å². The molecule has 3 heteroatoms. The normalized spacial score (nSPS) is 10.6. The monoisotopic (exact) mass is 287 g/mol. The lowest BCUT2D eigenvalue weighted by Crippen LogP contribution is -2.02. The van der Waals surface area contributed by atoms with Gasteiger partial charge in [-0.3, -0.25) is 0 Å². The van der Waals surface area contributed by atoms with E-state index < -0.39 is 0 Å². The molecular weight excluding hydrogens is 266 g/mol. The SMILES string of the molecule is CCSc1cccc(Oc2cccc(C)c2C)c1CN. The van der Waals surface area contributed by atoms with Gasteiger partial charge in [0.15, 0.2) is 0 Å². The molecule has 0 bridgehead atoms. The maximum Gasteiger partial charge on any atom is 0.133 e. The van der Waals surface area contributed by atoms with Crippen LogP contribution in [0.3, 0.4) is 0 Å². The number of benzene rings is 2. The van der Waals surface area contributed by atoms with Gasteiger partial charge in [-0.1, -0.05) is 25.1 Å². The smallest absolute Gasteiger partial charge is 0.133 e. The minimum Gasteiger partial charge on any atom is -0.457 e. The van der Waals surface area contributed by atoms with Crippen LogP contribution < -0.4 is 10.5 Å². The van der Waals surface area contributed by atoms with E-state index in [0.717, 1.165) is 22.8 Å². The van der Waals surface area contributed by atoms with E-state index in [2.05, 4.69) is 32.9 Å². The first-order valence-electron chi connectivity index (χ1n) is 6.86. The Hall–Kier alpha value is -1.45. The topological polar surface area (TPSA) is 35.2 Å². The van der Waals surface area contributed by atoms with Crippen LogP contribution in [-0.4, -0.2) is 5.75 Å². The summed E-state index contributed by atoms with van der Waals surface area (Å²) in [4.78, 5) is 1.21. The van der Waals surface area contributed by atoms with E-state index in [9.17, 15) is 0 Å². The number of thioether (sulfide) groups is 1. The average Bonchev–Trinajstić information content (AvgIpc) is 2.44. The maximum absolute atomic E-state index is 6.11. The van der Waals surface area contributed by atoms with Gasteiger partial charge in [-0.2, -0.15) is 0 Å². The van der Waals surface area contributed by atoms with Crippen molar-refractivity contribution in [2.45, 2.75) is 32.2 Å². The van der Waals surface area contributed by atoms with E-state index in [4.69, 9.17) is 10.5 Å². The van der Waals surface area contributed by atoms with Gasteiger partial charge in [0.2, 0.25) is 0 Å². The molecule has 2 rings (SSSR count). The van der Waals surface area contributed by atoms with E-state index >= 15 is 0 Å². The first-order chi connectivity index (χ1) is 9.67. The molecule has 0 fully saturated rings. The van der Waals surface area contributed by atoms with Crippen LogP contribution in [0, 0.1) is 13.8 Å². The molecule has 0 atom stereocenters. The zero-order chi connectivity index (χ0) is 14.5. The molecule has 0 unspecified atom stereocenters. The van der Waals surface area contributed by atoms with Crippen LogP contribution in [0.25, 0.3) is 0 Å². The van der Waals surface area contributed by atoms with Crippen molar-refractivity contribution in [1.29, 1.82) is 0 Å². The Morgan fingerprint density at radius 2 is 1.75 bits per heavy atom. The molecule has 0 radical (unpaired) electrons. The molecular formula is C17H21NOS. The summed E-state index contributed by atoms with van der Waals surface area (Å²) in [7, 11) is 0. The molecule has 0 spiro atoms. The van der Waals surface area contributed by atoms with Gasteiger partial charge in [0.1, 0.15) is 11.5 Å². The lowest BCUT2D eigenvalue weighted by Gasteiger charge is -2.15. The van der Waals surface area contributed by atoms with Crippen LogP contribution in [0.15, 0.2) is 41.3 Å². The Bertz CT molecular complexity index is 596. The summed E-state index contributed by atoms with van der Waals surface area (Å²) in [5.74, 6) is 2.79. The number of aryl methyl sites for hydroxylation is 1. The summed E-state index contributed by atoms with van der Waals surface area (Å²) in [5.41, 5.74) is 9.40. The van der Waals surface area contributed by atoms with Gasteiger partial charge in [-0.15, -0.1) is 11.8 Å². The van der Waals surface area contributed by atoms with Crippen molar-refractivity contribution in [3.8, 4) is 11.5 Å². The molecule has 0 amide bonds. The first-order valence-corrected chi connectivity index (χ1v) is 7.84. The van der Waals surface area contributed by atoms with Crippen molar-refractivity contribution >= 4 is 11.8 Å². The molecule has 2 aromatic rings. The van der Waals surface area contributed by atoms with Crippen LogP contribution in [0.1, 0.15) is 23.6 Å². The Balaban J connectivity index is 2.38. The summed E-state index contributed by atoms with van der Waals surface area (Å²) in [6.07, 6.45) is 0. The third-order valence-corrected chi connectivity index (χ3v) is 4.35. The summed E-state index contributed by atoms with van der Waals surface area (Å²) in [6, 6.07) is 12.2. The molecule has 0 saturated carbocycles. The molecule has 0 saturated heterocycles. The number of rotatable bonds is 5. The lowest BCUT2D eigenvalue weighted by atomic mass is 10.1. The van der Waals surface area contributed by atoms with Crippen LogP contribution in [0.4, 0.5) is 0 Å². The van der Waals surface area contributed by atoms with Crippen molar-refractivity contribution in [2.75, 3.05) is 5.75 Å². The summed E-state index contributed by atoms with van der Waals surface area (Å²) in [6.45, 7) is 6.80. The third-order valence-electron chi connectivity index (χ3n) is 3.37. The van der Waals surface area contributed by atoms with Gasteiger partial charge < -0.3 is 10.5 Å². The standard InChI is InChI=1S/C17H21NOS/c1-4-20-17-10-6-9-16(14(17)11-18)19-15-8-5-7-12(2)13(15)3/h5-10H,4,11,18H2,1-3H3. The van der Waals surface area contributed by atoms with Gasteiger partial charge >= 0.3 is 0 Å². The van der Waals surface area contributed by atoms with Crippen LogP contribution in [-0.2, 0) is 6.54 Å². The number of hydrogen-bond donors (Lipinski definition) is 1. The van der Waals surface area contributed by atoms with Crippen molar-refractivity contribution in [1.82, 2.24) is 0 Å². The highest BCUT2D eigenvalue weighted by atomic mass is 32.2. The van der Waals surface area contributed by atoms with E-state index in [0.29, 0.717) is 6.54 Å². The molecule has 20 heavy (non-hydrogen) atoms. The van der Waals surface area contributed by atoms with Crippen LogP contribution in [0.5, 0.6) is 11.5 Å². The second-order valence-corrected chi connectivity index (χ2v) is 5.98. The predicted octanol–water partition coefficient (Wildman–Crippen LogP) is 4.67. The van der Waals surface area contributed by atoms with E-state index in [1.54, 1.807) is 11.8 Å². The van der Waals surface area contributed by atoms with Gasteiger partial charge in [-0.05, 0) is 48.9 Å². The molecule has 2 aromatic carbocycles. The Labute approximate surface area is 125 Å². The summed E-state index contributed by atoms with van der Waals surface area (Å²) >= 11 is 1.80. The number of hydrogen-bond acceptors (Lipinski definition) is 3. The quantitative estimate of drug-likeness (QED) is 0.812. The van der Waals surface area contributed by atoms with Gasteiger partial charge in [0, 0.05) is 17.0 Å². The predicted molar refractivity (Wildman–Crippen MR) is 86.7 cm³/mol. The molecule has 0 heterocycles. The Morgan fingerprint density at radius 3 is 2.45 bits per heavy atom. The van der Waals surface area contributed by atoms with E-state index in [1.165, 1.54) is 16.0 Å². The fourth-order valence-corrected chi connectivity index (χ4v) is 2.93. The number of nitrogens with two attached hydrogens (primary N) is 1. The van der Waals surface area contributed by atoms with E-state index in [1.807, 2.05) is 24.3 Å².